The lowest BCUT2D eigenvalue weighted by molar-refractivity contribution is 0.413. The molecule has 18 heavy (non-hydrogen) atoms. The second-order valence-electron chi connectivity index (χ2n) is 4.83. The number of benzene rings is 1. The van der Waals surface area contributed by atoms with Crippen molar-refractivity contribution in [2.75, 3.05) is 6.54 Å². The van der Waals surface area contributed by atoms with Crippen molar-refractivity contribution < 1.29 is 4.42 Å². The molecule has 0 radical (unpaired) electrons. The van der Waals surface area contributed by atoms with Crippen molar-refractivity contribution in [2.45, 2.75) is 26.2 Å². The van der Waals surface area contributed by atoms with E-state index >= 15 is 0 Å². The molecule has 2 aromatic rings. The van der Waals surface area contributed by atoms with Crippen LogP contribution in [0.2, 0.25) is 0 Å². The smallest absolute Gasteiger partial charge is 0.225 e. The second-order valence-corrected chi connectivity index (χ2v) is 4.83. The molecule has 0 aliphatic rings. The van der Waals surface area contributed by atoms with Gasteiger partial charge in [-0.3, -0.25) is 0 Å². The van der Waals surface area contributed by atoms with Gasteiger partial charge in [-0.2, -0.15) is 0 Å². The van der Waals surface area contributed by atoms with E-state index in [1.807, 2.05) is 30.3 Å². The van der Waals surface area contributed by atoms with Crippen LogP contribution >= 0.6 is 0 Å². The first-order valence-electron chi connectivity index (χ1n) is 6.28. The normalized spacial score (nSPS) is 12.9. The summed E-state index contributed by atoms with van der Waals surface area (Å²) in [6.45, 7) is 4.72. The first kappa shape index (κ1) is 12.8. The number of aromatic nitrogens is 2. The summed E-state index contributed by atoms with van der Waals surface area (Å²) in [5.41, 5.74) is 6.93. The average Bonchev–Trinajstić information content (AvgIpc) is 2.79. The van der Waals surface area contributed by atoms with Gasteiger partial charge in [-0.25, -0.2) is 0 Å². The maximum atomic E-state index is 5.82. The topological polar surface area (TPSA) is 64.9 Å². The van der Waals surface area contributed by atoms with Crippen molar-refractivity contribution in [1.29, 1.82) is 0 Å². The zero-order valence-electron chi connectivity index (χ0n) is 10.8. The molecule has 0 saturated carbocycles. The highest BCUT2D eigenvalue weighted by atomic mass is 16.4. The Bertz CT molecular complexity index is 479. The van der Waals surface area contributed by atoms with Crippen LogP contribution in [-0.4, -0.2) is 16.7 Å². The predicted octanol–water partition coefficient (Wildman–Crippen LogP) is 2.36. The molecule has 4 nitrogen and oxygen atoms in total. The minimum Gasteiger partial charge on any atom is -0.425 e. The summed E-state index contributed by atoms with van der Waals surface area (Å²) < 4.78 is 5.70. The van der Waals surface area contributed by atoms with Crippen LogP contribution in [0, 0.1) is 5.92 Å². The highest BCUT2D eigenvalue weighted by molar-refractivity contribution is 5.24. The van der Waals surface area contributed by atoms with Gasteiger partial charge in [-0.05, 0) is 11.5 Å². The number of nitrogens with two attached hydrogens (primary N) is 1. The summed E-state index contributed by atoms with van der Waals surface area (Å²) in [5, 5.41) is 8.20. The maximum absolute atomic E-state index is 5.82. The fourth-order valence-electron chi connectivity index (χ4n) is 1.90. The molecule has 0 bridgehead atoms. The Kier molecular flexibility index (Phi) is 4.10. The summed E-state index contributed by atoms with van der Waals surface area (Å²) >= 11 is 0. The van der Waals surface area contributed by atoms with Crippen molar-refractivity contribution in [3.05, 3.63) is 47.7 Å². The first-order chi connectivity index (χ1) is 8.70. The number of hydrogen-bond acceptors (Lipinski definition) is 4. The zero-order valence-corrected chi connectivity index (χ0v) is 10.8. The van der Waals surface area contributed by atoms with Crippen molar-refractivity contribution in [1.82, 2.24) is 10.2 Å². The molecule has 0 aliphatic heterocycles. The van der Waals surface area contributed by atoms with Gasteiger partial charge in [0.15, 0.2) is 0 Å². The van der Waals surface area contributed by atoms with Crippen LogP contribution in [0.25, 0.3) is 0 Å². The molecule has 0 saturated heterocycles. The molecule has 96 valence electrons. The van der Waals surface area contributed by atoms with Crippen LogP contribution in [0.3, 0.4) is 0 Å². The van der Waals surface area contributed by atoms with Crippen molar-refractivity contribution >= 4 is 0 Å². The number of hydrogen-bond donors (Lipinski definition) is 1. The Morgan fingerprint density at radius 2 is 1.89 bits per heavy atom. The van der Waals surface area contributed by atoms with Crippen LogP contribution in [0.1, 0.15) is 37.1 Å². The lowest BCUT2D eigenvalue weighted by Gasteiger charge is -2.10. The summed E-state index contributed by atoms with van der Waals surface area (Å²) in [7, 11) is 0. The molecule has 2 N–H and O–H groups in total. The number of nitrogens with zero attached hydrogens (tertiary/aromatic N) is 2. The largest absolute Gasteiger partial charge is 0.425 e. The van der Waals surface area contributed by atoms with Gasteiger partial charge in [-0.1, -0.05) is 44.2 Å². The fourth-order valence-corrected chi connectivity index (χ4v) is 1.90. The van der Waals surface area contributed by atoms with E-state index < -0.39 is 0 Å². The molecule has 0 spiro atoms. The molecular weight excluding hydrogens is 226 g/mol. The second kappa shape index (κ2) is 5.78. The van der Waals surface area contributed by atoms with E-state index in [4.69, 9.17) is 10.2 Å². The molecule has 0 amide bonds. The third-order valence-corrected chi connectivity index (χ3v) is 2.80. The maximum Gasteiger partial charge on any atom is 0.225 e. The molecule has 2 rings (SSSR count). The van der Waals surface area contributed by atoms with E-state index in [2.05, 4.69) is 24.0 Å². The van der Waals surface area contributed by atoms with E-state index in [9.17, 15) is 0 Å². The Morgan fingerprint density at radius 1 is 1.17 bits per heavy atom. The van der Waals surface area contributed by atoms with Gasteiger partial charge in [0.1, 0.15) is 0 Å². The Hall–Kier alpha value is -1.68. The molecule has 1 aromatic heterocycles. The van der Waals surface area contributed by atoms with Crippen LogP contribution in [0.15, 0.2) is 34.7 Å². The van der Waals surface area contributed by atoms with Crippen LogP contribution in [-0.2, 0) is 6.42 Å². The van der Waals surface area contributed by atoms with E-state index in [0.29, 0.717) is 24.2 Å². The monoisotopic (exact) mass is 245 g/mol. The first-order valence-corrected chi connectivity index (χ1v) is 6.28. The fraction of sp³-hybridized carbons (Fsp3) is 0.429. The SMILES string of the molecule is CC(C)Cc1nnc(C(CN)c2ccccc2)o1. The summed E-state index contributed by atoms with van der Waals surface area (Å²) in [5.74, 6) is 1.79. The van der Waals surface area contributed by atoms with Gasteiger partial charge in [0.2, 0.25) is 11.8 Å². The minimum absolute atomic E-state index is 0.0142. The molecule has 1 atom stereocenters. The molecule has 1 heterocycles. The summed E-state index contributed by atoms with van der Waals surface area (Å²) in [6, 6.07) is 10.0. The summed E-state index contributed by atoms with van der Waals surface area (Å²) in [4.78, 5) is 0. The standard InChI is InChI=1S/C14H19N3O/c1-10(2)8-13-16-17-14(18-13)12(9-15)11-6-4-3-5-7-11/h3-7,10,12H,8-9,15H2,1-2H3. The Labute approximate surface area is 107 Å². The van der Waals surface area contributed by atoms with Gasteiger partial charge >= 0.3 is 0 Å². The van der Waals surface area contributed by atoms with E-state index in [1.165, 1.54) is 0 Å². The highest BCUT2D eigenvalue weighted by Crippen LogP contribution is 2.22. The van der Waals surface area contributed by atoms with Crippen molar-refractivity contribution in [3.63, 3.8) is 0 Å². The lowest BCUT2D eigenvalue weighted by atomic mass is 9.99. The molecule has 1 unspecified atom stereocenters. The molecule has 0 fully saturated rings. The zero-order chi connectivity index (χ0) is 13.0. The van der Waals surface area contributed by atoms with Gasteiger partial charge in [-0.15, -0.1) is 10.2 Å². The highest BCUT2D eigenvalue weighted by Gasteiger charge is 2.19. The van der Waals surface area contributed by atoms with Crippen LogP contribution < -0.4 is 5.73 Å². The molecule has 1 aromatic carbocycles. The molecule has 4 heteroatoms. The van der Waals surface area contributed by atoms with Crippen molar-refractivity contribution in [3.8, 4) is 0 Å². The predicted molar refractivity (Wildman–Crippen MR) is 70.2 cm³/mol. The molecule has 0 aliphatic carbocycles. The van der Waals surface area contributed by atoms with E-state index in [1.54, 1.807) is 0 Å². The Morgan fingerprint density at radius 3 is 2.50 bits per heavy atom. The van der Waals surface area contributed by atoms with Crippen LogP contribution in [0.5, 0.6) is 0 Å². The van der Waals surface area contributed by atoms with E-state index in [-0.39, 0.29) is 5.92 Å². The van der Waals surface area contributed by atoms with Gasteiger partial charge < -0.3 is 10.2 Å². The average molecular weight is 245 g/mol. The van der Waals surface area contributed by atoms with Gasteiger partial charge in [0, 0.05) is 13.0 Å². The van der Waals surface area contributed by atoms with Crippen LogP contribution in [0.4, 0.5) is 0 Å². The third kappa shape index (κ3) is 2.96. The minimum atomic E-state index is -0.0142. The van der Waals surface area contributed by atoms with Gasteiger partial charge in [0.25, 0.3) is 0 Å². The van der Waals surface area contributed by atoms with Gasteiger partial charge in [0.05, 0.1) is 5.92 Å². The summed E-state index contributed by atoms with van der Waals surface area (Å²) in [6.07, 6.45) is 0.805. The van der Waals surface area contributed by atoms with Crippen molar-refractivity contribution in [2.24, 2.45) is 11.7 Å². The number of rotatable bonds is 5. The Balaban J connectivity index is 2.20. The molecular formula is C14H19N3O. The lowest BCUT2D eigenvalue weighted by Crippen LogP contribution is -2.14. The quantitative estimate of drug-likeness (QED) is 0.878. The van der Waals surface area contributed by atoms with E-state index in [0.717, 1.165) is 12.0 Å². The third-order valence-electron chi connectivity index (χ3n) is 2.80.